The fourth-order valence-electron chi connectivity index (χ4n) is 2.41. The largest absolute Gasteiger partial charge is 0.478 e. The average Bonchev–Trinajstić information content (AvgIpc) is 2.60. The minimum Gasteiger partial charge on any atom is -0.478 e. The highest BCUT2D eigenvalue weighted by Gasteiger charge is 2.72. The summed E-state index contributed by atoms with van der Waals surface area (Å²) in [7, 11) is 0. The van der Waals surface area contributed by atoms with Crippen LogP contribution in [0, 0.1) is 0 Å². The molecule has 0 aliphatic carbocycles. The molecule has 0 aliphatic rings. The van der Waals surface area contributed by atoms with Gasteiger partial charge in [0.15, 0.2) is 0 Å². The maximum Gasteiger partial charge on any atom is 0.457 e. The lowest BCUT2D eigenvalue weighted by Crippen LogP contribution is -2.53. The van der Waals surface area contributed by atoms with Gasteiger partial charge in [-0.25, -0.2) is 14.0 Å². The van der Waals surface area contributed by atoms with E-state index in [1.54, 1.807) is 0 Å². The van der Waals surface area contributed by atoms with E-state index in [9.17, 15) is 31.5 Å². The van der Waals surface area contributed by atoms with Crippen LogP contribution in [0.5, 0.6) is 0 Å². The van der Waals surface area contributed by atoms with Crippen molar-refractivity contribution in [2.45, 2.75) is 17.8 Å². The molecule has 10 heteroatoms. The van der Waals surface area contributed by atoms with Gasteiger partial charge in [0.05, 0.1) is 11.1 Å². The van der Waals surface area contributed by atoms with Crippen molar-refractivity contribution in [3.63, 3.8) is 0 Å². The standard InChI is InChI=1S/C17H10F6O4/c18-15(16(19,20)17(21,22)23,11-5-1-9(2-6-11)13(24)25)12-7-3-10(4-8-12)14(26)27/h1-8H,(H,24,25)(H,26,27). The van der Waals surface area contributed by atoms with Crippen LogP contribution in [-0.4, -0.2) is 34.3 Å². The number of rotatable bonds is 5. The third-order valence-electron chi connectivity index (χ3n) is 3.85. The molecule has 2 aromatic carbocycles. The number of alkyl halides is 6. The molecule has 27 heavy (non-hydrogen) atoms. The summed E-state index contributed by atoms with van der Waals surface area (Å²) in [5.74, 6) is -8.87. The predicted molar refractivity (Wildman–Crippen MR) is 79.7 cm³/mol. The van der Waals surface area contributed by atoms with E-state index in [2.05, 4.69) is 0 Å². The first-order chi connectivity index (χ1) is 12.3. The summed E-state index contributed by atoms with van der Waals surface area (Å²) in [5, 5.41) is 17.6. The molecular weight excluding hydrogens is 382 g/mol. The van der Waals surface area contributed by atoms with Gasteiger partial charge in [-0.05, 0) is 24.3 Å². The monoisotopic (exact) mass is 392 g/mol. The number of aromatic carboxylic acids is 2. The van der Waals surface area contributed by atoms with Crippen molar-refractivity contribution in [2.24, 2.45) is 0 Å². The third-order valence-corrected chi connectivity index (χ3v) is 3.85. The second kappa shape index (κ2) is 6.60. The zero-order valence-corrected chi connectivity index (χ0v) is 13.1. The highest BCUT2D eigenvalue weighted by Crippen LogP contribution is 2.54. The molecule has 0 amide bonds. The molecular formula is C17H10F6O4. The SMILES string of the molecule is O=C(O)c1ccc(C(F)(c2ccc(C(=O)O)cc2)C(F)(F)C(F)(F)F)cc1. The number of hydrogen-bond acceptors (Lipinski definition) is 2. The lowest BCUT2D eigenvalue weighted by atomic mass is 9.81. The predicted octanol–water partition coefficient (Wildman–Crippen LogP) is 4.49. The van der Waals surface area contributed by atoms with E-state index in [0.717, 1.165) is 0 Å². The Labute approximate surface area is 147 Å². The quantitative estimate of drug-likeness (QED) is 0.736. The summed E-state index contributed by atoms with van der Waals surface area (Å²) in [4.78, 5) is 21.6. The van der Waals surface area contributed by atoms with Gasteiger partial charge >= 0.3 is 24.0 Å². The molecule has 2 rings (SSSR count). The first-order valence-corrected chi connectivity index (χ1v) is 7.13. The van der Waals surface area contributed by atoms with Gasteiger partial charge in [-0.1, -0.05) is 24.3 Å². The molecule has 0 aromatic heterocycles. The summed E-state index contributed by atoms with van der Waals surface area (Å²) in [6.07, 6.45) is -6.28. The van der Waals surface area contributed by atoms with Gasteiger partial charge in [-0.3, -0.25) is 0 Å². The van der Waals surface area contributed by atoms with E-state index >= 15 is 4.39 Å². The van der Waals surface area contributed by atoms with Gasteiger partial charge in [-0.2, -0.15) is 22.0 Å². The summed E-state index contributed by atoms with van der Waals surface area (Å²) in [6.45, 7) is 0. The fourth-order valence-corrected chi connectivity index (χ4v) is 2.41. The summed E-state index contributed by atoms with van der Waals surface area (Å²) < 4.78 is 82.5. The molecule has 0 saturated carbocycles. The van der Waals surface area contributed by atoms with E-state index in [0.29, 0.717) is 48.5 Å². The number of benzene rings is 2. The molecule has 0 aliphatic heterocycles. The van der Waals surface area contributed by atoms with Crippen LogP contribution in [-0.2, 0) is 5.67 Å². The Morgan fingerprint density at radius 2 is 0.926 bits per heavy atom. The molecule has 0 fully saturated rings. The number of carbonyl (C=O) groups is 2. The first kappa shape index (κ1) is 20.3. The van der Waals surface area contributed by atoms with Crippen LogP contribution in [0.4, 0.5) is 26.3 Å². The number of halogens is 6. The lowest BCUT2D eigenvalue weighted by molar-refractivity contribution is -0.323. The van der Waals surface area contributed by atoms with Gasteiger partial charge < -0.3 is 10.2 Å². The van der Waals surface area contributed by atoms with Crippen molar-refractivity contribution < 1.29 is 46.1 Å². The Kier molecular flexibility index (Phi) is 4.96. The van der Waals surface area contributed by atoms with Crippen LogP contribution in [0.1, 0.15) is 31.8 Å². The van der Waals surface area contributed by atoms with Gasteiger partial charge in [-0.15, -0.1) is 0 Å². The Balaban J connectivity index is 2.72. The number of carboxylic acid groups (broad SMARTS) is 2. The second-order valence-corrected chi connectivity index (χ2v) is 5.50. The molecule has 144 valence electrons. The highest BCUT2D eigenvalue weighted by atomic mass is 19.4. The van der Waals surface area contributed by atoms with Crippen molar-refractivity contribution >= 4 is 11.9 Å². The zero-order valence-electron chi connectivity index (χ0n) is 13.1. The highest BCUT2D eigenvalue weighted by molar-refractivity contribution is 5.88. The van der Waals surface area contributed by atoms with Crippen LogP contribution in [0.15, 0.2) is 48.5 Å². The Morgan fingerprint density at radius 3 is 1.15 bits per heavy atom. The van der Waals surface area contributed by atoms with Crippen molar-refractivity contribution in [1.82, 2.24) is 0 Å². The average molecular weight is 392 g/mol. The van der Waals surface area contributed by atoms with E-state index in [-0.39, 0.29) is 0 Å². The van der Waals surface area contributed by atoms with Crippen molar-refractivity contribution in [1.29, 1.82) is 0 Å². The van der Waals surface area contributed by atoms with Crippen molar-refractivity contribution in [3.8, 4) is 0 Å². The Bertz CT molecular complexity index is 799. The fraction of sp³-hybridized carbons (Fsp3) is 0.176. The van der Waals surface area contributed by atoms with E-state index in [1.807, 2.05) is 0 Å². The van der Waals surface area contributed by atoms with E-state index in [4.69, 9.17) is 10.2 Å². The van der Waals surface area contributed by atoms with E-state index < -0.39 is 52.0 Å². The minimum atomic E-state index is -6.28. The topological polar surface area (TPSA) is 74.6 Å². The van der Waals surface area contributed by atoms with Crippen molar-refractivity contribution in [2.75, 3.05) is 0 Å². The number of carboxylic acids is 2. The number of hydrogen-bond donors (Lipinski definition) is 2. The molecule has 0 spiro atoms. The molecule has 2 N–H and O–H groups in total. The maximum absolute atomic E-state index is 15.4. The summed E-state index contributed by atoms with van der Waals surface area (Å²) in [5.41, 5.74) is -7.59. The van der Waals surface area contributed by atoms with Crippen LogP contribution in [0.25, 0.3) is 0 Å². The summed E-state index contributed by atoms with van der Waals surface area (Å²) >= 11 is 0. The van der Waals surface area contributed by atoms with Gasteiger partial charge in [0.1, 0.15) is 0 Å². The lowest BCUT2D eigenvalue weighted by Gasteiger charge is -2.35. The van der Waals surface area contributed by atoms with Gasteiger partial charge in [0.2, 0.25) is 5.67 Å². The van der Waals surface area contributed by atoms with Crippen molar-refractivity contribution in [3.05, 3.63) is 70.8 Å². The maximum atomic E-state index is 15.4. The van der Waals surface area contributed by atoms with Gasteiger partial charge in [0.25, 0.3) is 0 Å². The molecule has 2 aromatic rings. The molecule has 0 radical (unpaired) electrons. The molecule has 0 atom stereocenters. The van der Waals surface area contributed by atoms with Crippen LogP contribution in [0.3, 0.4) is 0 Å². The smallest absolute Gasteiger partial charge is 0.457 e. The van der Waals surface area contributed by atoms with Crippen LogP contribution < -0.4 is 0 Å². The minimum absolute atomic E-state index is 0.447. The van der Waals surface area contributed by atoms with Gasteiger partial charge in [0, 0.05) is 11.1 Å². The molecule has 4 nitrogen and oxygen atoms in total. The molecule has 0 saturated heterocycles. The molecule has 0 unspecified atom stereocenters. The molecule has 0 heterocycles. The third kappa shape index (κ3) is 3.34. The second-order valence-electron chi connectivity index (χ2n) is 5.50. The Hall–Kier alpha value is -3.04. The van der Waals surface area contributed by atoms with E-state index in [1.165, 1.54) is 0 Å². The molecule has 0 bridgehead atoms. The Morgan fingerprint density at radius 1 is 0.630 bits per heavy atom. The van der Waals surface area contributed by atoms with Crippen LogP contribution in [0.2, 0.25) is 0 Å². The van der Waals surface area contributed by atoms with Crippen LogP contribution >= 0.6 is 0 Å². The summed E-state index contributed by atoms with van der Waals surface area (Å²) in [6, 6.07) is 4.77. The first-order valence-electron chi connectivity index (χ1n) is 7.13. The normalized spacial score (nSPS) is 12.7. The zero-order chi connectivity index (χ0) is 20.6.